The van der Waals surface area contributed by atoms with E-state index in [1.54, 1.807) is 37.3 Å². The van der Waals surface area contributed by atoms with Crippen molar-refractivity contribution in [1.82, 2.24) is 5.32 Å². The highest BCUT2D eigenvalue weighted by Gasteiger charge is 2.30. The number of rotatable bonds is 6. The lowest BCUT2D eigenvalue weighted by Crippen LogP contribution is -2.31. The number of carbonyl (C=O) groups excluding carboxylic acids is 1. The molecule has 1 N–H and O–H groups in total. The van der Waals surface area contributed by atoms with Crippen molar-refractivity contribution in [2.24, 2.45) is 0 Å². The van der Waals surface area contributed by atoms with Gasteiger partial charge in [-0.25, -0.2) is 8.42 Å². The van der Waals surface area contributed by atoms with Crippen LogP contribution >= 0.6 is 11.3 Å². The van der Waals surface area contributed by atoms with Crippen LogP contribution in [0, 0.1) is 6.92 Å². The monoisotopic (exact) mass is 337 g/mol. The topological polar surface area (TPSA) is 63.2 Å². The first kappa shape index (κ1) is 16.7. The normalized spacial score (nSPS) is 12.8. The number of carbonyl (C=O) groups is 1. The van der Waals surface area contributed by atoms with Crippen LogP contribution < -0.4 is 5.32 Å². The second-order valence-corrected chi connectivity index (χ2v) is 8.13. The van der Waals surface area contributed by atoms with E-state index < -0.39 is 15.1 Å². The fourth-order valence-electron chi connectivity index (χ4n) is 2.06. The highest BCUT2D eigenvalue weighted by molar-refractivity contribution is 7.91. The molecule has 0 unspecified atom stereocenters. The van der Waals surface area contributed by atoms with Crippen molar-refractivity contribution in [3.8, 4) is 0 Å². The smallest absolute Gasteiger partial charge is 0.219 e. The van der Waals surface area contributed by atoms with Gasteiger partial charge in [0.1, 0.15) is 5.25 Å². The Hall–Kier alpha value is -1.66. The molecule has 22 heavy (non-hydrogen) atoms. The minimum absolute atomic E-state index is 0.0867. The number of thiophene rings is 1. The lowest BCUT2D eigenvalue weighted by molar-refractivity contribution is -0.120. The van der Waals surface area contributed by atoms with Crippen LogP contribution in [-0.2, 0) is 14.6 Å². The van der Waals surface area contributed by atoms with E-state index in [1.807, 2.05) is 18.4 Å². The number of hydrogen-bond donors (Lipinski definition) is 1. The molecular formula is C16H19NO3S2. The molecule has 0 spiro atoms. The third-order valence-corrected chi connectivity index (χ3v) is 6.62. The maximum atomic E-state index is 12.9. The van der Waals surface area contributed by atoms with E-state index in [-0.39, 0.29) is 17.3 Å². The molecule has 0 aliphatic carbocycles. The first-order valence-electron chi connectivity index (χ1n) is 7.05. The fourth-order valence-corrected chi connectivity index (χ4v) is 4.85. The molecule has 0 aliphatic rings. The fraction of sp³-hybridized carbons (Fsp3) is 0.312. The molecule has 1 heterocycles. The van der Waals surface area contributed by atoms with E-state index in [0.29, 0.717) is 6.42 Å². The lowest BCUT2D eigenvalue weighted by atomic mass is 10.2. The number of benzene rings is 1. The summed E-state index contributed by atoms with van der Waals surface area (Å²) in [6.07, 6.45) is 0.335. The quantitative estimate of drug-likeness (QED) is 0.881. The maximum absolute atomic E-state index is 12.9. The van der Waals surface area contributed by atoms with Crippen LogP contribution in [0.4, 0.5) is 0 Å². The van der Waals surface area contributed by atoms with Gasteiger partial charge in [-0.05, 0) is 30.5 Å². The number of hydrogen-bond acceptors (Lipinski definition) is 4. The lowest BCUT2D eigenvalue weighted by Gasteiger charge is -2.17. The van der Waals surface area contributed by atoms with Gasteiger partial charge in [0.15, 0.2) is 9.84 Å². The summed E-state index contributed by atoms with van der Waals surface area (Å²) >= 11 is 1.38. The SMILES string of the molecule is CCC(=O)NC[C@@H](c1cccs1)S(=O)(=O)c1ccc(C)cc1. The van der Waals surface area contributed by atoms with Crippen molar-refractivity contribution in [2.45, 2.75) is 30.4 Å². The summed E-state index contributed by atoms with van der Waals surface area (Å²) in [5, 5.41) is 3.78. The molecule has 0 bridgehead atoms. The van der Waals surface area contributed by atoms with Gasteiger partial charge in [-0.1, -0.05) is 30.7 Å². The van der Waals surface area contributed by atoms with E-state index in [0.717, 1.165) is 10.4 Å². The van der Waals surface area contributed by atoms with Crippen molar-refractivity contribution in [3.63, 3.8) is 0 Å². The molecule has 4 nitrogen and oxygen atoms in total. The van der Waals surface area contributed by atoms with E-state index in [4.69, 9.17) is 0 Å². The average molecular weight is 337 g/mol. The molecule has 0 saturated carbocycles. The van der Waals surface area contributed by atoms with Crippen LogP contribution in [0.2, 0.25) is 0 Å². The molecule has 1 atom stereocenters. The molecule has 1 aromatic carbocycles. The minimum Gasteiger partial charge on any atom is -0.354 e. The molecule has 0 radical (unpaired) electrons. The van der Waals surface area contributed by atoms with Crippen molar-refractivity contribution < 1.29 is 13.2 Å². The molecule has 6 heteroatoms. The van der Waals surface area contributed by atoms with E-state index in [2.05, 4.69) is 5.32 Å². The summed E-state index contributed by atoms with van der Waals surface area (Å²) in [6.45, 7) is 3.74. The molecule has 1 aromatic heterocycles. The molecule has 0 saturated heterocycles. The highest BCUT2D eigenvalue weighted by atomic mass is 32.2. The zero-order valence-electron chi connectivity index (χ0n) is 12.6. The Labute approximate surface area is 135 Å². The van der Waals surface area contributed by atoms with Crippen LogP contribution in [0.3, 0.4) is 0 Å². The summed E-state index contributed by atoms with van der Waals surface area (Å²) in [7, 11) is -3.55. The van der Waals surface area contributed by atoms with Gasteiger partial charge in [-0.15, -0.1) is 11.3 Å². The third kappa shape index (κ3) is 3.75. The molecular weight excluding hydrogens is 318 g/mol. The van der Waals surface area contributed by atoms with Crippen LogP contribution in [0.25, 0.3) is 0 Å². The Balaban J connectivity index is 2.35. The van der Waals surface area contributed by atoms with Crippen LogP contribution in [0.1, 0.15) is 29.0 Å². The highest BCUT2D eigenvalue weighted by Crippen LogP contribution is 2.31. The Kier molecular flexibility index (Phi) is 5.37. The largest absolute Gasteiger partial charge is 0.354 e. The second-order valence-electron chi connectivity index (χ2n) is 5.02. The summed E-state index contributed by atoms with van der Waals surface area (Å²) < 4.78 is 25.8. The van der Waals surface area contributed by atoms with Gasteiger partial charge in [0.25, 0.3) is 0 Å². The molecule has 0 aliphatic heterocycles. The standard InChI is InChI=1S/C16H19NO3S2/c1-3-16(18)17-11-15(14-5-4-10-21-14)22(19,20)13-8-6-12(2)7-9-13/h4-10,15H,3,11H2,1-2H3,(H,17,18)/t15-/m0/s1. The molecule has 1 amide bonds. The van der Waals surface area contributed by atoms with E-state index in [1.165, 1.54) is 11.3 Å². The van der Waals surface area contributed by atoms with Crippen LogP contribution in [0.15, 0.2) is 46.7 Å². The number of sulfone groups is 1. The summed E-state index contributed by atoms with van der Waals surface area (Å²) in [4.78, 5) is 12.5. The van der Waals surface area contributed by atoms with E-state index in [9.17, 15) is 13.2 Å². The van der Waals surface area contributed by atoms with Gasteiger partial charge >= 0.3 is 0 Å². The third-order valence-electron chi connectivity index (χ3n) is 3.39. The van der Waals surface area contributed by atoms with Crippen molar-refractivity contribution in [2.75, 3.05) is 6.54 Å². The van der Waals surface area contributed by atoms with Crippen molar-refractivity contribution in [3.05, 3.63) is 52.2 Å². The van der Waals surface area contributed by atoms with Gasteiger partial charge in [-0.2, -0.15) is 0 Å². The number of amides is 1. The predicted octanol–water partition coefficient (Wildman–Crippen LogP) is 3.10. The Bertz CT molecular complexity index is 719. The Morgan fingerprint density at radius 1 is 1.23 bits per heavy atom. The number of nitrogens with one attached hydrogen (secondary N) is 1. The van der Waals surface area contributed by atoms with Gasteiger partial charge < -0.3 is 5.32 Å². The average Bonchev–Trinajstić information content (AvgIpc) is 3.01. The Morgan fingerprint density at radius 3 is 2.45 bits per heavy atom. The van der Waals surface area contributed by atoms with Gasteiger partial charge in [0.2, 0.25) is 5.91 Å². The van der Waals surface area contributed by atoms with Crippen LogP contribution in [0.5, 0.6) is 0 Å². The van der Waals surface area contributed by atoms with E-state index >= 15 is 0 Å². The van der Waals surface area contributed by atoms with Gasteiger partial charge in [0.05, 0.1) is 4.90 Å². The summed E-state index contributed by atoms with van der Waals surface area (Å²) in [5.74, 6) is -0.152. The predicted molar refractivity (Wildman–Crippen MR) is 88.7 cm³/mol. The summed E-state index contributed by atoms with van der Waals surface area (Å²) in [6, 6.07) is 10.4. The summed E-state index contributed by atoms with van der Waals surface area (Å²) in [5.41, 5.74) is 1.01. The zero-order chi connectivity index (χ0) is 16.2. The van der Waals surface area contributed by atoms with Gasteiger partial charge in [0, 0.05) is 17.8 Å². The number of aryl methyl sites for hydroxylation is 1. The van der Waals surface area contributed by atoms with Crippen LogP contribution in [-0.4, -0.2) is 20.9 Å². The Morgan fingerprint density at radius 2 is 1.91 bits per heavy atom. The van der Waals surface area contributed by atoms with Gasteiger partial charge in [-0.3, -0.25) is 4.79 Å². The molecule has 2 aromatic rings. The van der Waals surface area contributed by atoms with Crippen molar-refractivity contribution >= 4 is 27.1 Å². The first-order chi connectivity index (χ1) is 10.4. The molecule has 2 rings (SSSR count). The molecule has 0 fully saturated rings. The molecule has 118 valence electrons. The first-order valence-corrected chi connectivity index (χ1v) is 9.48. The maximum Gasteiger partial charge on any atom is 0.219 e. The zero-order valence-corrected chi connectivity index (χ0v) is 14.2. The minimum atomic E-state index is -3.55. The second kappa shape index (κ2) is 7.07. The van der Waals surface area contributed by atoms with Crippen molar-refractivity contribution in [1.29, 1.82) is 0 Å².